The van der Waals surface area contributed by atoms with Crippen molar-refractivity contribution in [2.45, 2.75) is 22.7 Å². The molecule has 0 aliphatic heterocycles. The number of aromatic amines is 1. The van der Waals surface area contributed by atoms with Crippen LogP contribution < -0.4 is 0 Å². The minimum Gasteiger partial charge on any atom is -0.258 e. The van der Waals surface area contributed by atoms with E-state index in [4.69, 9.17) is 0 Å². The first kappa shape index (κ1) is 18.6. The van der Waals surface area contributed by atoms with Crippen molar-refractivity contribution in [3.8, 4) is 11.4 Å². The first-order valence-electron chi connectivity index (χ1n) is 8.00. The third-order valence-electron chi connectivity index (χ3n) is 3.83. The van der Waals surface area contributed by atoms with Crippen LogP contribution in [0.25, 0.3) is 11.4 Å². The molecule has 0 radical (unpaired) electrons. The van der Waals surface area contributed by atoms with Gasteiger partial charge in [0.1, 0.15) is 0 Å². The predicted molar refractivity (Wildman–Crippen MR) is 103 cm³/mol. The highest BCUT2D eigenvalue weighted by Crippen LogP contribution is 2.24. The summed E-state index contributed by atoms with van der Waals surface area (Å²) >= 11 is 1.46. The third-order valence-corrected chi connectivity index (χ3v) is 6.56. The van der Waals surface area contributed by atoms with E-state index in [9.17, 15) is 8.42 Å². The van der Waals surface area contributed by atoms with Crippen LogP contribution >= 0.6 is 11.8 Å². The molecule has 3 rings (SSSR count). The van der Waals surface area contributed by atoms with Crippen molar-refractivity contribution in [3.05, 3.63) is 59.7 Å². The summed E-state index contributed by atoms with van der Waals surface area (Å²) in [5.41, 5.74) is 3.07. The molecule has 0 saturated carbocycles. The molecule has 136 valence electrons. The van der Waals surface area contributed by atoms with E-state index in [1.165, 1.54) is 35.7 Å². The normalized spacial score (nSPS) is 11.8. The molecule has 8 heteroatoms. The Morgan fingerprint density at radius 1 is 1.12 bits per heavy atom. The predicted octanol–water partition coefficient (Wildman–Crippen LogP) is 3.32. The molecule has 0 atom stereocenters. The number of rotatable bonds is 6. The lowest BCUT2D eigenvalue weighted by Crippen LogP contribution is -2.22. The van der Waals surface area contributed by atoms with Crippen LogP contribution in [0.4, 0.5) is 0 Å². The first-order chi connectivity index (χ1) is 12.4. The van der Waals surface area contributed by atoms with Gasteiger partial charge in [0, 0.05) is 25.4 Å². The highest BCUT2D eigenvalue weighted by atomic mass is 32.2. The van der Waals surface area contributed by atoms with Crippen LogP contribution in [0.1, 0.15) is 11.1 Å². The summed E-state index contributed by atoms with van der Waals surface area (Å²) in [5.74, 6) is 1.30. The number of thioether (sulfide) groups is 1. The number of nitrogens with zero attached hydrogens (tertiary/aromatic N) is 3. The summed E-state index contributed by atoms with van der Waals surface area (Å²) in [6.07, 6.45) is 0. The summed E-state index contributed by atoms with van der Waals surface area (Å²) < 4.78 is 25.7. The topological polar surface area (TPSA) is 79.0 Å². The van der Waals surface area contributed by atoms with Gasteiger partial charge in [-0.2, -0.15) is 0 Å². The van der Waals surface area contributed by atoms with Gasteiger partial charge in [0.15, 0.2) is 5.82 Å². The zero-order valence-corrected chi connectivity index (χ0v) is 16.4. The van der Waals surface area contributed by atoms with Crippen molar-refractivity contribution in [2.24, 2.45) is 0 Å². The Morgan fingerprint density at radius 3 is 2.54 bits per heavy atom. The molecular formula is C18H20N4O2S2. The van der Waals surface area contributed by atoms with Gasteiger partial charge < -0.3 is 0 Å². The fraction of sp³-hybridized carbons (Fsp3) is 0.222. The number of sulfonamides is 1. The Balaban J connectivity index is 1.71. The lowest BCUT2D eigenvalue weighted by molar-refractivity contribution is 0.520. The number of aromatic nitrogens is 3. The summed E-state index contributed by atoms with van der Waals surface area (Å²) in [5, 5.41) is 7.80. The van der Waals surface area contributed by atoms with Crippen LogP contribution in [-0.4, -0.2) is 42.0 Å². The lowest BCUT2D eigenvalue weighted by atomic mass is 10.1. The van der Waals surface area contributed by atoms with E-state index < -0.39 is 10.0 Å². The van der Waals surface area contributed by atoms with Crippen molar-refractivity contribution in [2.75, 3.05) is 14.1 Å². The van der Waals surface area contributed by atoms with Crippen molar-refractivity contribution in [1.82, 2.24) is 19.5 Å². The molecule has 0 bridgehead atoms. The molecule has 1 heterocycles. The molecule has 26 heavy (non-hydrogen) atoms. The quantitative estimate of drug-likeness (QED) is 0.655. The van der Waals surface area contributed by atoms with Crippen LogP contribution in [0.5, 0.6) is 0 Å². The number of nitrogens with one attached hydrogen (secondary N) is 1. The molecule has 2 aromatic carbocycles. The van der Waals surface area contributed by atoms with Gasteiger partial charge in [0.25, 0.3) is 0 Å². The maximum atomic E-state index is 12.2. The summed E-state index contributed by atoms with van der Waals surface area (Å²) in [4.78, 5) is 4.78. The molecule has 6 nitrogen and oxygen atoms in total. The molecule has 3 aromatic rings. The third kappa shape index (κ3) is 4.14. The summed E-state index contributed by atoms with van der Waals surface area (Å²) in [6, 6.07) is 15.0. The molecule has 0 spiro atoms. The Bertz CT molecular complexity index is 996. The molecule has 0 saturated heterocycles. The molecule has 0 fully saturated rings. The lowest BCUT2D eigenvalue weighted by Gasteiger charge is -2.12. The van der Waals surface area contributed by atoms with E-state index in [0.29, 0.717) is 10.9 Å². The average Bonchev–Trinajstić information content (AvgIpc) is 3.10. The first-order valence-corrected chi connectivity index (χ1v) is 10.4. The number of hydrogen-bond acceptors (Lipinski definition) is 5. The Labute approximate surface area is 157 Å². The second-order valence-electron chi connectivity index (χ2n) is 6.06. The zero-order valence-electron chi connectivity index (χ0n) is 14.8. The number of hydrogen-bond donors (Lipinski definition) is 1. The van der Waals surface area contributed by atoms with Crippen LogP contribution in [0.3, 0.4) is 0 Å². The fourth-order valence-corrected chi connectivity index (χ4v) is 4.02. The minimum atomic E-state index is -3.43. The van der Waals surface area contributed by atoms with Gasteiger partial charge in [-0.1, -0.05) is 53.7 Å². The molecule has 1 N–H and O–H groups in total. The number of benzene rings is 2. The van der Waals surface area contributed by atoms with E-state index in [1.807, 2.05) is 37.3 Å². The van der Waals surface area contributed by atoms with Gasteiger partial charge in [-0.05, 0) is 24.6 Å². The van der Waals surface area contributed by atoms with Gasteiger partial charge in [-0.25, -0.2) is 17.7 Å². The van der Waals surface area contributed by atoms with E-state index >= 15 is 0 Å². The van der Waals surface area contributed by atoms with Crippen LogP contribution in [0, 0.1) is 6.92 Å². The molecule has 0 aliphatic carbocycles. The van der Waals surface area contributed by atoms with Crippen LogP contribution in [-0.2, 0) is 15.8 Å². The van der Waals surface area contributed by atoms with Crippen molar-refractivity contribution in [1.29, 1.82) is 0 Å². The Kier molecular flexibility index (Phi) is 5.45. The van der Waals surface area contributed by atoms with Crippen molar-refractivity contribution >= 4 is 21.8 Å². The van der Waals surface area contributed by atoms with Gasteiger partial charge in [-0.3, -0.25) is 5.10 Å². The second-order valence-corrected chi connectivity index (χ2v) is 9.15. The van der Waals surface area contributed by atoms with Crippen LogP contribution in [0.15, 0.2) is 58.6 Å². The maximum Gasteiger partial charge on any atom is 0.242 e. The standard InChI is InChI=1S/C18H20N4O2S2/c1-13-7-9-15(10-8-13)17-19-18(21-20-17)25-12-14-5-4-6-16(11-14)26(23,24)22(2)3/h4-11H,12H2,1-3H3,(H,19,20,21). The van der Waals surface area contributed by atoms with E-state index in [0.717, 1.165) is 17.0 Å². The smallest absolute Gasteiger partial charge is 0.242 e. The van der Waals surface area contributed by atoms with Crippen molar-refractivity contribution < 1.29 is 8.42 Å². The summed E-state index contributed by atoms with van der Waals surface area (Å²) in [6.45, 7) is 2.04. The monoisotopic (exact) mass is 388 g/mol. The second kappa shape index (κ2) is 7.61. The Hall–Kier alpha value is -2.16. The van der Waals surface area contributed by atoms with Crippen LogP contribution in [0.2, 0.25) is 0 Å². The Morgan fingerprint density at radius 2 is 1.85 bits per heavy atom. The SMILES string of the molecule is Cc1ccc(-c2nc(SCc3cccc(S(=O)(=O)N(C)C)c3)n[nH]2)cc1. The molecule has 0 amide bonds. The van der Waals surface area contributed by atoms with Crippen molar-refractivity contribution in [3.63, 3.8) is 0 Å². The van der Waals surface area contributed by atoms with Gasteiger partial charge in [0.05, 0.1) is 4.90 Å². The van der Waals surface area contributed by atoms with E-state index in [1.54, 1.807) is 18.2 Å². The van der Waals surface area contributed by atoms with E-state index in [2.05, 4.69) is 15.2 Å². The maximum absolute atomic E-state index is 12.2. The van der Waals surface area contributed by atoms with Gasteiger partial charge in [0.2, 0.25) is 15.2 Å². The number of H-pyrrole nitrogens is 1. The largest absolute Gasteiger partial charge is 0.258 e. The van der Waals surface area contributed by atoms with Gasteiger partial charge >= 0.3 is 0 Å². The fourth-order valence-electron chi connectivity index (χ4n) is 2.31. The molecule has 0 aliphatic rings. The molecule has 0 unspecified atom stereocenters. The molecule has 1 aromatic heterocycles. The highest BCUT2D eigenvalue weighted by Gasteiger charge is 2.17. The zero-order chi connectivity index (χ0) is 18.7. The average molecular weight is 389 g/mol. The van der Waals surface area contributed by atoms with E-state index in [-0.39, 0.29) is 4.90 Å². The summed E-state index contributed by atoms with van der Waals surface area (Å²) in [7, 11) is -0.382. The van der Waals surface area contributed by atoms with Gasteiger partial charge in [-0.15, -0.1) is 5.10 Å². The minimum absolute atomic E-state index is 0.288. The number of aryl methyl sites for hydroxylation is 1. The molecular weight excluding hydrogens is 368 g/mol. The highest BCUT2D eigenvalue weighted by molar-refractivity contribution is 7.98.